The van der Waals surface area contributed by atoms with Crippen molar-refractivity contribution in [1.29, 1.82) is 0 Å². The van der Waals surface area contributed by atoms with E-state index in [0.717, 1.165) is 36.2 Å². The first-order valence-electron chi connectivity index (χ1n) is 9.25. The number of aryl methyl sites for hydroxylation is 1. The lowest BCUT2D eigenvalue weighted by Gasteiger charge is -2.25. The maximum Gasteiger partial charge on any atom is 0.269 e. The van der Waals surface area contributed by atoms with E-state index in [0.29, 0.717) is 11.5 Å². The molecule has 1 aliphatic heterocycles. The van der Waals surface area contributed by atoms with Crippen LogP contribution >= 0.6 is 22.7 Å². The minimum atomic E-state index is -0.698. The Hall–Kier alpha value is -2.90. The van der Waals surface area contributed by atoms with Gasteiger partial charge in [-0.1, -0.05) is 24.3 Å². The molecule has 2 aromatic carbocycles. The Morgan fingerprint density at radius 2 is 1.83 bits per heavy atom. The highest BCUT2D eigenvalue weighted by Crippen LogP contribution is 2.43. The number of carbonyl (C=O) groups is 1. The van der Waals surface area contributed by atoms with Gasteiger partial charge >= 0.3 is 0 Å². The van der Waals surface area contributed by atoms with E-state index in [2.05, 4.69) is 25.2 Å². The summed E-state index contributed by atoms with van der Waals surface area (Å²) in [7, 11) is 0. The van der Waals surface area contributed by atoms with Crippen molar-refractivity contribution in [2.24, 2.45) is 0 Å². The maximum absolute atomic E-state index is 12.9. The molecule has 7 heteroatoms. The van der Waals surface area contributed by atoms with Crippen molar-refractivity contribution in [1.82, 2.24) is 4.98 Å². The summed E-state index contributed by atoms with van der Waals surface area (Å²) in [6.07, 6.45) is -0.698. The van der Waals surface area contributed by atoms with Crippen molar-refractivity contribution >= 4 is 43.8 Å². The molecular weight excluding hydrogens is 404 g/mol. The van der Waals surface area contributed by atoms with Gasteiger partial charge < -0.3 is 14.8 Å². The summed E-state index contributed by atoms with van der Waals surface area (Å²) < 4.78 is 12.7. The molecule has 0 fully saturated rings. The molecule has 4 aromatic rings. The molecule has 0 aliphatic carbocycles. The van der Waals surface area contributed by atoms with Crippen molar-refractivity contribution in [2.45, 2.75) is 20.0 Å². The van der Waals surface area contributed by atoms with Crippen LogP contribution in [0.5, 0.6) is 11.5 Å². The highest BCUT2D eigenvalue weighted by atomic mass is 32.1. The first kappa shape index (κ1) is 18.1. The van der Waals surface area contributed by atoms with Crippen LogP contribution in [-0.4, -0.2) is 23.6 Å². The minimum absolute atomic E-state index is 0.183. The zero-order valence-electron chi connectivity index (χ0n) is 15.9. The number of carbonyl (C=O) groups excluding carboxylic acids is 1. The first-order chi connectivity index (χ1) is 14.1. The Bertz CT molecular complexity index is 1200. The number of benzene rings is 2. The van der Waals surface area contributed by atoms with E-state index in [4.69, 9.17) is 14.5 Å². The number of hydrogen-bond acceptors (Lipinski definition) is 6. The molecule has 0 saturated heterocycles. The Morgan fingerprint density at radius 1 is 1.07 bits per heavy atom. The summed E-state index contributed by atoms with van der Waals surface area (Å²) in [5.74, 6) is 1.03. The number of ether oxygens (including phenoxy) is 2. The number of thiophene rings is 1. The van der Waals surface area contributed by atoms with Gasteiger partial charge in [0.25, 0.3) is 5.91 Å². The number of nitrogens with zero attached hydrogens (tertiary/aromatic N) is 1. The fourth-order valence-corrected chi connectivity index (χ4v) is 5.50. The van der Waals surface area contributed by atoms with E-state index in [-0.39, 0.29) is 12.5 Å². The van der Waals surface area contributed by atoms with Crippen molar-refractivity contribution in [3.05, 3.63) is 59.0 Å². The standard InChI is InChI=1S/C22H18N2O3S2/c1-12-13(2)28-22(19(12)21-23-14-7-3-6-10-18(14)29-21)24-20(25)17-11-26-15-8-4-5-9-16(15)27-17/h3-10,17H,11H2,1-2H3,(H,24,25)/t17-/m1/s1. The van der Waals surface area contributed by atoms with E-state index >= 15 is 0 Å². The number of thiazole rings is 1. The van der Waals surface area contributed by atoms with Crippen molar-refractivity contribution in [3.63, 3.8) is 0 Å². The van der Waals surface area contributed by atoms with Crippen LogP contribution < -0.4 is 14.8 Å². The van der Waals surface area contributed by atoms with Gasteiger partial charge in [0.15, 0.2) is 11.5 Å². The molecule has 1 atom stereocenters. The van der Waals surface area contributed by atoms with Crippen molar-refractivity contribution in [3.8, 4) is 22.1 Å². The van der Waals surface area contributed by atoms with Gasteiger partial charge in [-0.25, -0.2) is 4.98 Å². The molecule has 1 N–H and O–H groups in total. The number of nitrogens with one attached hydrogen (secondary N) is 1. The summed E-state index contributed by atoms with van der Waals surface area (Å²) >= 11 is 3.20. The second-order valence-corrected chi connectivity index (χ2v) is 9.08. The quantitative estimate of drug-likeness (QED) is 0.479. The topological polar surface area (TPSA) is 60.5 Å². The van der Waals surface area contributed by atoms with Crippen molar-refractivity contribution in [2.75, 3.05) is 11.9 Å². The second kappa shape index (κ2) is 7.17. The zero-order chi connectivity index (χ0) is 20.0. The van der Waals surface area contributed by atoms with Gasteiger partial charge in [0.05, 0.1) is 10.2 Å². The molecule has 1 amide bonds. The van der Waals surface area contributed by atoms with E-state index in [1.54, 1.807) is 28.7 Å². The van der Waals surface area contributed by atoms with Crippen LogP contribution in [-0.2, 0) is 4.79 Å². The lowest BCUT2D eigenvalue weighted by Crippen LogP contribution is -2.40. The van der Waals surface area contributed by atoms with Crippen LogP contribution in [0, 0.1) is 13.8 Å². The molecule has 0 radical (unpaired) electrons. The predicted molar refractivity (Wildman–Crippen MR) is 117 cm³/mol. The largest absolute Gasteiger partial charge is 0.485 e. The normalized spacial score (nSPS) is 15.4. The maximum atomic E-state index is 12.9. The molecule has 29 heavy (non-hydrogen) atoms. The first-order valence-corrected chi connectivity index (χ1v) is 10.9. The van der Waals surface area contributed by atoms with Crippen LogP contribution in [0.4, 0.5) is 5.00 Å². The van der Waals surface area contributed by atoms with Crippen LogP contribution in [0.1, 0.15) is 10.4 Å². The molecule has 0 saturated carbocycles. The van der Waals surface area contributed by atoms with Gasteiger partial charge in [-0.15, -0.1) is 22.7 Å². The monoisotopic (exact) mass is 422 g/mol. The van der Waals surface area contributed by atoms with Gasteiger partial charge in [-0.2, -0.15) is 0 Å². The Labute approximate surface area is 175 Å². The summed E-state index contributed by atoms with van der Waals surface area (Å²) in [5.41, 5.74) is 3.09. The van der Waals surface area contributed by atoms with Crippen LogP contribution in [0.3, 0.4) is 0 Å². The van der Waals surface area contributed by atoms with E-state index in [9.17, 15) is 4.79 Å². The van der Waals surface area contributed by atoms with Gasteiger partial charge in [-0.3, -0.25) is 4.79 Å². The fourth-order valence-electron chi connectivity index (χ4n) is 3.29. The summed E-state index contributed by atoms with van der Waals surface area (Å²) in [6.45, 7) is 4.31. The highest BCUT2D eigenvalue weighted by molar-refractivity contribution is 7.22. The van der Waals surface area contributed by atoms with Gasteiger partial charge in [-0.05, 0) is 43.7 Å². The van der Waals surface area contributed by atoms with Gasteiger partial charge in [0.2, 0.25) is 6.10 Å². The molecule has 5 rings (SSSR count). The zero-order valence-corrected chi connectivity index (χ0v) is 17.5. The lowest BCUT2D eigenvalue weighted by molar-refractivity contribution is -0.125. The fraction of sp³-hybridized carbons (Fsp3) is 0.182. The third-order valence-corrected chi connectivity index (χ3v) is 7.11. The smallest absolute Gasteiger partial charge is 0.269 e. The SMILES string of the molecule is Cc1sc(NC(=O)[C@H]2COc3ccccc3O2)c(-c2nc3ccccc3s2)c1C. The Morgan fingerprint density at radius 3 is 2.66 bits per heavy atom. The second-order valence-electron chi connectivity index (χ2n) is 6.83. The molecule has 3 heterocycles. The molecule has 0 spiro atoms. The molecule has 146 valence electrons. The lowest BCUT2D eigenvalue weighted by atomic mass is 10.1. The number of amides is 1. The molecule has 2 aromatic heterocycles. The molecule has 1 aliphatic rings. The molecular formula is C22H18N2O3S2. The average molecular weight is 423 g/mol. The number of rotatable bonds is 3. The summed E-state index contributed by atoms with van der Waals surface area (Å²) in [5, 5.41) is 4.77. The highest BCUT2D eigenvalue weighted by Gasteiger charge is 2.29. The number of fused-ring (bicyclic) bond motifs is 2. The van der Waals surface area contributed by atoms with Crippen LogP contribution in [0.2, 0.25) is 0 Å². The average Bonchev–Trinajstić information content (AvgIpc) is 3.28. The number of hydrogen-bond donors (Lipinski definition) is 1. The van der Waals surface area contributed by atoms with Crippen LogP contribution in [0.15, 0.2) is 48.5 Å². The summed E-state index contributed by atoms with van der Waals surface area (Å²) in [4.78, 5) is 18.9. The molecule has 0 bridgehead atoms. The molecule has 5 nitrogen and oxygen atoms in total. The Kier molecular flexibility index (Phi) is 4.49. The number of aromatic nitrogens is 1. The number of anilines is 1. The van der Waals surface area contributed by atoms with Gasteiger partial charge in [0, 0.05) is 10.4 Å². The van der Waals surface area contributed by atoms with Crippen LogP contribution in [0.25, 0.3) is 20.8 Å². The van der Waals surface area contributed by atoms with Crippen molar-refractivity contribution < 1.29 is 14.3 Å². The van der Waals surface area contributed by atoms with E-state index in [1.165, 1.54) is 0 Å². The third kappa shape index (κ3) is 3.26. The molecule has 0 unspecified atom stereocenters. The van der Waals surface area contributed by atoms with Gasteiger partial charge in [0.1, 0.15) is 16.6 Å². The van der Waals surface area contributed by atoms with E-state index < -0.39 is 6.10 Å². The number of para-hydroxylation sites is 3. The van der Waals surface area contributed by atoms with E-state index in [1.807, 2.05) is 36.4 Å². The Balaban J connectivity index is 1.45. The summed E-state index contributed by atoms with van der Waals surface area (Å²) in [6, 6.07) is 15.4. The minimum Gasteiger partial charge on any atom is -0.485 e. The predicted octanol–water partition coefficient (Wildman–Crippen LogP) is 5.42. The third-order valence-electron chi connectivity index (χ3n) is 4.93.